The minimum atomic E-state index is -3.81. The molecule has 0 radical (unpaired) electrons. The molecule has 1 fully saturated rings. The van der Waals surface area contributed by atoms with Crippen molar-refractivity contribution in [3.8, 4) is 0 Å². The van der Waals surface area contributed by atoms with Crippen LogP contribution in [-0.2, 0) is 10.0 Å². The van der Waals surface area contributed by atoms with E-state index in [4.69, 9.17) is 17.3 Å². The number of hydrogen-bond acceptors (Lipinski definition) is 4. The Morgan fingerprint density at radius 1 is 1.19 bits per heavy atom. The molecule has 27 heavy (non-hydrogen) atoms. The number of amides is 1. The molecule has 1 aliphatic rings. The minimum Gasteiger partial charge on any atom is -0.350 e. The van der Waals surface area contributed by atoms with Crippen molar-refractivity contribution < 1.29 is 13.2 Å². The van der Waals surface area contributed by atoms with E-state index >= 15 is 0 Å². The van der Waals surface area contributed by atoms with Gasteiger partial charge in [0.2, 0.25) is 0 Å². The first kappa shape index (κ1) is 21.5. The van der Waals surface area contributed by atoms with Gasteiger partial charge < -0.3 is 11.1 Å². The van der Waals surface area contributed by atoms with Crippen LogP contribution in [0.5, 0.6) is 0 Å². The van der Waals surface area contributed by atoms with Crippen LogP contribution in [0.15, 0.2) is 53.4 Å². The zero-order valence-electron chi connectivity index (χ0n) is 14.4. The molecular formula is C18H21Cl2N3O3S. The summed E-state index contributed by atoms with van der Waals surface area (Å²) in [5.74, 6) is 0.0278. The molecule has 4 N–H and O–H groups in total. The summed E-state index contributed by atoms with van der Waals surface area (Å²) in [6, 6.07) is 12.3. The van der Waals surface area contributed by atoms with E-state index in [1.54, 1.807) is 18.2 Å². The largest absolute Gasteiger partial charge is 0.350 e. The van der Waals surface area contributed by atoms with E-state index in [0.717, 1.165) is 12.8 Å². The molecule has 3 rings (SSSR count). The number of benzene rings is 2. The third-order valence-electron chi connectivity index (χ3n) is 4.25. The molecule has 1 saturated carbocycles. The third kappa shape index (κ3) is 5.59. The van der Waals surface area contributed by atoms with Crippen molar-refractivity contribution >= 4 is 45.6 Å². The SMILES string of the molecule is Cl.NC(CNC(=O)c1cc(Cl)ccc1NS(=O)(=O)c1ccccc1)C1CC1. The zero-order chi connectivity index (χ0) is 18.7. The number of nitrogens with two attached hydrogens (primary N) is 1. The fourth-order valence-corrected chi connectivity index (χ4v) is 3.87. The van der Waals surface area contributed by atoms with Crippen molar-refractivity contribution in [2.75, 3.05) is 11.3 Å². The van der Waals surface area contributed by atoms with Crippen LogP contribution in [0.2, 0.25) is 5.02 Å². The van der Waals surface area contributed by atoms with E-state index in [-0.39, 0.29) is 34.6 Å². The predicted molar refractivity (Wildman–Crippen MR) is 109 cm³/mol. The Morgan fingerprint density at radius 2 is 1.85 bits per heavy atom. The van der Waals surface area contributed by atoms with Gasteiger partial charge in [-0.25, -0.2) is 8.42 Å². The highest BCUT2D eigenvalue weighted by molar-refractivity contribution is 7.92. The first-order valence-corrected chi connectivity index (χ1v) is 10.1. The lowest BCUT2D eigenvalue weighted by molar-refractivity contribution is 0.0951. The maximum atomic E-state index is 12.5. The van der Waals surface area contributed by atoms with Gasteiger partial charge in [-0.2, -0.15) is 0 Å². The van der Waals surface area contributed by atoms with Crippen LogP contribution >= 0.6 is 24.0 Å². The lowest BCUT2D eigenvalue weighted by Crippen LogP contribution is -2.38. The van der Waals surface area contributed by atoms with Crippen LogP contribution in [0.25, 0.3) is 0 Å². The number of anilines is 1. The van der Waals surface area contributed by atoms with E-state index in [0.29, 0.717) is 17.5 Å². The average molecular weight is 430 g/mol. The van der Waals surface area contributed by atoms with Crippen LogP contribution in [0.1, 0.15) is 23.2 Å². The normalized spacial score (nSPS) is 14.7. The van der Waals surface area contributed by atoms with Gasteiger partial charge in [0.15, 0.2) is 0 Å². The summed E-state index contributed by atoms with van der Waals surface area (Å²) in [5, 5.41) is 3.09. The molecule has 0 bridgehead atoms. The first-order chi connectivity index (χ1) is 12.4. The van der Waals surface area contributed by atoms with Gasteiger partial charge in [0.25, 0.3) is 15.9 Å². The monoisotopic (exact) mass is 429 g/mol. The smallest absolute Gasteiger partial charge is 0.261 e. The summed E-state index contributed by atoms with van der Waals surface area (Å²) in [6.45, 7) is 0.334. The van der Waals surface area contributed by atoms with Gasteiger partial charge in [-0.1, -0.05) is 29.8 Å². The molecule has 1 amide bonds. The third-order valence-corrected chi connectivity index (χ3v) is 5.87. The second kappa shape index (κ2) is 8.93. The molecule has 0 spiro atoms. The van der Waals surface area contributed by atoms with E-state index in [9.17, 15) is 13.2 Å². The van der Waals surface area contributed by atoms with E-state index in [1.807, 2.05) is 0 Å². The Kier molecular flexibility index (Phi) is 7.11. The molecule has 0 saturated heterocycles. The van der Waals surface area contributed by atoms with Gasteiger partial charge in [-0.15, -0.1) is 12.4 Å². The summed E-state index contributed by atoms with van der Waals surface area (Å²) in [4.78, 5) is 12.6. The Morgan fingerprint density at radius 3 is 2.48 bits per heavy atom. The lowest BCUT2D eigenvalue weighted by Gasteiger charge is -2.15. The van der Waals surface area contributed by atoms with Crippen molar-refractivity contribution in [2.24, 2.45) is 11.7 Å². The molecule has 1 unspecified atom stereocenters. The van der Waals surface area contributed by atoms with E-state index < -0.39 is 15.9 Å². The second-order valence-electron chi connectivity index (χ2n) is 6.32. The minimum absolute atomic E-state index is 0. The van der Waals surface area contributed by atoms with Crippen molar-refractivity contribution in [2.45, 2.75) is 23.8 Å². The van der Waals surface area contributed by atoms with Crippen molar-refractivity contribution in [1.82, 2.24) is 5.32 Å². The molecule has 1 atom stereocenters. The van der Waals surface area contributed by atoms with Crippen LogP contribution in [-0.4, -0.2) is 26.9 Å². The first-order valence-electron chi connectivity index (χ1n) is 8.28. The number of carbonyl (C=O) groups is 1. The highest BCUT2D eigenvalue weighted by atomic mass is 35.5. The Hall–Kier alpha value is -1.80. The Bertz CT molecular complexity index is 903. The maximum Gasteiger partial charge on any atom is 0.261 e. The summed E-state index contributed by atoms with van der Waals surface area (Å²) < 4.78 is 27.5. The van der Waals surface area contributed by atoms with Crippen molar-refractivity contribution in [3.05, 3.63) is 59.1 Å². The number of rotatable bonds is 7. The molecule has 146 valence electrons. The fraction of sp³-hybridized carbons (Fsp3) is 0.278. The van der Waals surface area contributed by atoms with Gasteiger partial charge >= 0.3 is 0 Å². The van der Waals surface area contributed by atoms with Gasteiger partial charge in [-0.05, 0) is 49.1 Å². The van der Waals surface area contributed by atoms with E-state index in [2.05, 4.69) is 10.0 Å². The number of halogens is 2. The summed E-state index contributed by atoms with van der Waals surface area (Å²) in [6.07, 6.45) is 2.16. The van der Waals surface area contributed by atoms with Crippen LogP contribution in [0.4, 0.5) is 5.69 Å². The number of hydrogen-bond donors (Lipinski definition) is 3. The fourth-order valence-electron chi connectivity index (χ4n) is 2.59. The van der Waals surface area contributed by atoms with E-state index in [1.165, 1.54) is 30.3 Å². The number of carbonyl (C=O) groups excluding carboxylic acids is 1. The van der Waals surface area contributed by atoms with Gasteiger partial charge in [-0.3, -0.25) is 9.52 Å². The summed E-state index contributed by atoms with van der Waals surface area (Å²) in [5.41, 5.74) is 6.31. The number of nitrogens with one attached hydrogen (secondary N) is 2. The average Bonchev–Trinajstić information content (AvgIpc) is 3.46. The highest BCUT2D eigenvalue weighted by Gasteiger charge is 2.29. The van der Waals surface area contributed by atoms with Crippen molar-refractivity contribution in [1.29, 1.82) is 0 Å². The van der Waals surface area contributed by atoms with Crippen LogP contribution < -0.4 is 15.8 Å². The molecule has 0 aromatic heterocycles. The van der Waals surface area contributed by atoms with Crippen molar-refractivity contribution in [3.63, 3.8) is 0 Å². The number of sulfonamides is 1. The molecule has 0 aliphatic heterocycles. The summed E-state index contributed by atoms with van der Waals surface area (Å²) >= 11 is 5.99. The quantitative estimate of drug-likeness (QED) is 0.629. The highest BCUT2D eigenvalue weighted by Crippen LogP contribution is 2.31. The molecule has 2 aromatic carbocycles. The molecule has 2 aromatic rings. The molecule has 1 aliphatic carbocycles. The Balaban J connectivity index is 0.00000261. The van der Waals surface area contributed by atoms with Crippen LogP contribution in [0, 0.1) is 5.92 Å². The second-order valence-corrected chi connectivity index (χ2v) is 8.44. The molecular weight excluding hydrogens is 409 g/mol. The molecule has 0 heterocycles. The predicted octanol–water partition coefficient (Wildman–Crippen LogP) is 3.03. The van der Waals surface area contributed by atoms with Crippen LogP contribution in [0.3, 0.4) is 0 Å². The van der Waals surface area contributed by atoms with Gasteiger partial charge in [0.1, 0.15) is 0 Å². The van der Waals surface area contributed by atoms with Gasteiger partial charge in [0.05, 0.1) is 16.1 Å². The van der Waals surface area contributed by atoms with Gasteiger partial charge in [0, 0.05) is 17.6 Å². The molecule has 9 heteroatoms. The lowest BCUT2D eigenvalue weighted by atomic mass is 10.1. The summed E-state index contributed by atoms with van der Waals surface area (Å²) in [7, 11) is -3.81. The topological polar surface area (TPSA) is 101 Å². The maximum absolute atomic E-state index is 12.5. The standard InChI is InChI=1S/C18H20ClN3O3S.ClH/c19-13-8-9-17(22-26(24,25)14-4-2-1-3-5-14)15(10-13)18(23)21-11-16(20)12-6-7-12;/h1-5,8-10,12,16,22H,6-7,11,20H2,(H,21,23);1H. The molecule has 6 nitrogen and oxygen atoms in total. The zero-order valence-corrected chi connectivity index (χ0v) is 16.8. The Labute approximate surface area is 169 Å².